The quantitative estimate of drug-likeness (QED) is 0.838. The fourth-order valence-electron chi connectivity index (χ4n) is 1.64. The summed E-state index contributed by atoms with van der Waals surface area (Å²) in [5.41, 5.74) is 7.76. The lowest BCUT2D eigenvalue weighted by atomic mass is 10.2. The number of nitrogens with zero attached hydrogens (tertiary/aromatic N) is 2. The molecule has 1 heterocycles. The van der Waals surface area contributed by atoms with Crippen molar-refractivity contribution in [2.24, 2.45) is 5.73 Å². The summed E-state index contributed by atoms with van der Waals surface area (Å²) in [6.07, 6.45) is 1.87. The molecule has 0 atom stereocenters. The van der Waals surface area contributed by atoms with E-state index >= 15 is 0 Å². The number of aryl methyl sites for hydroxylation is 1. The summed E-state index contributed by atoms with van der Waals surface area (Å²) in [4.78, 5) is 11.8. The zero-order valence-electron chi connectivity index (χ0n) is 10.3. The van der Waals surface area contributed by atoms with Gasteiger partial charge in [0, 0.05) is 24.8 Å². The van der Waals surface area contributed by atoms with E-state index in [1.165, 1.54) is 0 Å². The van der Waals surface area contributed by atoms with Crippen molar-refractivity contribution in [2.45, 2.75) is 6.92 Å². The fourth-order valence-corrected chi connectivity index (χ4v) is 1.64. The Morgan fingerprint density at radius 2 is 2.28 bits per heavy atom. The summed E-state index contributed by atoms with van der Waals surface area (Å²) < 4.78 is 1.75. The van der Waals surface area contributed by atoms with Gasteiger partial charge in [-0.2, -0.15) is 5.10 Å². The average molecular weight is 244 g/mol. The van der Waals surface area contributed by atoms with E-state index in [1.54, 1.807) is 16.8 Å². The molecule has 0 aliphatic carbocycles. The molecule has 0 aliphatic rings. The third-order valence-electron chi connectivity index (χ3n) is 2.53. The van der Waals surface area contributed by atoms with E-state index < -0.39 is 0 Å². The molecule has 0 bridgehead atoms. The van der Waals surface area contributed by atoms with E-state index in [2.05, 4.69) is 10.4 Å². The molecule has 1 amide bonds. The van der Waals surface area contributed by atoms with Gasteiger partial charge < -0.3 is 11.1 Å². The van der Waals surface area contributed by atoms with Crippen molar-refractivity contribution >= 4 is 5.91 Å². The Kier molecular flexibility index (Phi) is 3.74. The fraction of sp³-hybridized carbons (Fsp3) is 0.231. The van der Waals surface area contributed by atoms with Crippen LogP contribution in [0.1, 0.15) is 16.1 Å². The summed E-state index contributed by atoms with van der Waals surface area (Å²) >= 11 is 0. The number of nitrogens with one attached hydrogen (secondary N) is 1. The Hall–Kier alpha value is -2.14. The van der Waals surface area contributed by atoms with Crippen molar-refractivity contribution in [3.63, 3.8) is 0 Å². The van der Waals surface area contributed by atoms with Gasteiger partial charge in [-0.15, -0.1) is 0 Å². The molecule has 0 spiro atoms. The van der Waals surface area contributed by atoms with Crippen LogP contribution in [0.25, 0.3) is 5.69 Å². The predicted octanol–water partition coefficient (Wildman–Crippen LogP) is 0.869. The molecule has 2 aromatic rings. The molecular formula is C13H16N4O. The highest BCUT2D eigenvalue weighted by Gasteiger charge is 2.06. The van der Waals surface area contributed by atoms with E-state index in [-0.39, 0.29) is 5.91 Å². The van der Waals surface area contributed by atoms with Crippen LogP contribution in [-0.2, 0) is 0 Å². The predicted molar refractivity (Wildman–Crippen MR) is 69.7 cm³/mol. The first kappa shape index (κ1) is 12.3. The summed E-state index contributed by atoms with van der Waals surface area (Å²) in [5, 5.41) is 7.05. The molecule has 0 saturated heterocycles. The van der Waals surface area contributed by atoms with Crippen LogP contribution in [0.5, 0.6) is 0 Å². The van der Waals surface area contributed by atoms with Gasteiger partial charge in [0.25, 0.3) is 5.91 Å². The van der Waals surface area contributed by atoms with E-state index in [0.29, 0.717) is 18.7 Å². The molecule has 0 fully saturated rings. The highest BCUT2D eigenvalue weighted by atomic mass is 16.1. The molecule has 5 heteroatoms. The van der Waals surface area contributed by atoms with E-state index in [1.807, 2.05) is 31.3 Å². The molecule has 0 unspecified atom stereocenters. The number of hydrogen-bond donors (Lipinski definition) is 2. The first-order valence-corrected chi connectivity index (χ1v) is 5.81. The minimum absolute atomic E-state index is 0.119. The molecule has 0 saturated carbocycles. The van der Waals surface area contributed by atoms with Crippen molar-refractivity contribution in [3.8, 4) is 5.69 Å². The molecular weight excluding hydrogens is 228 g/mol. The third-order valence-corrected chi connectivity index (χ3v) is 2.53. The van der Waals surface area contributed by atoms with E-state index in [4.69, 9.17) is 5.73 Å². The molecule has 1 aromatic carbocycles. The van der Waals surface area contributed by atoms with Crippen LogP contribution in [0.2, 0.25) is 0 Å². The maximum Gasteiger partial charge on any atom is 0.251 e. The SMILES string of the molecule is Cc1ccn(-c2cccc(C(=O)NCCN)c2)n1. The average Bonchev–Trinajstić information content (AvgIpc) is 2.83. The smallest absolute Gasteiger partial charge is 0.251 e. The topological polar surface area (TPSA) is 72.9 Å². The maximum absolute atomic E-state index is 11.8. The van der Waals surface area contributed by atoms with E-state index in [9.17, 15) is 4.79 Å². The summed E-state index contributed by atoms with van der Waals surface area (Å²) in [6.45, 7) is 2.84. The van der Waals surface area contributed by atoms with Crippen LogP contribution < -0.4 is 11.1 Å². The van der Waals surface area contributed by atoms with Crippen molar-refractivity contribution in [3.05, 3.63) is 47.8 Å². The van der Waals surface area contributed by atoms with Gasteiger partial charge in [-0.25, -0.2) is 4.68 Å². The van der Waals surface area contributed by atoms with Crippen LogP contribution in [0.3, 0.4) is 0 Å². The van der Waals surface area contributed by atoms with Gasteiger partial charge in [0.2, 0.25) is 0 Å². The zero-order valence-corrected chi connectivity index (χ0v) is 10.3. The number of amides is 1. The van der Waals surface area contributed by atoms with Gasteiger partial charge in [-0.3, -0.25) is 4.79 Å². The Labute approximate surface area is 106 Å². The van der Waals surface area contributed by atoms with Gasteiger partial charge in [-0.1, -0.05) is 6.07 Å². The second kappa shape index (κ2) is 5.46. The molecule has 0 aliphatic heterocycles. The highest BCUT2D eigenvalue weighted by molar-refractivity contribution is 5.94. The van der Waals surface area contributed by atoms with Gasteiger partial charge in [0.1, 0.15) is 0 Å². The van der Waals surface area contributed by atoms with Gasteiger partial charge >= 0.3 is 0 Å². The molecule has 1 aromatic heterocycles. The van der Waals surface area contributed by atoms with Crippen LogP contribution in [0, 0.1) is 6.92 Å². The second-order valence-corrected chi connectivity index (χ2v) is 4.00. The molecule has 0 radical (unpaired) electrons. The van der Waals surface area contributed by atoms with Crippen LogP contribution in [0.4, 0.5) is 0 Å². The largest absolute Gasteiger partial charge is 0.351 e. The summed E-state index contributed by atoms with van der Waals surface area (Å²) in [7, 11) is 0. The van der Waals surface area contributed by atoms with Crippen LogP contribution in [-0.4, -0.2) is 28.8 Å². The number of nitrogens with two attached hydrogens (primary N) is 1. The number of carbonyl (C=O) groups excluding carboxylic acids is 1. The second-order valence-electron chi connectivity index (χ2n) is 4.00. The summed E-state index contributed by atoms with van der Waals surface area (Å²) in [5.74, 6) is -0.119. The van der Waals surface area contributed by atoms with Crippen LogP contribution in [0.15, 0.2) is 36.5 Å². The first-order valence-electron chi connectivity index (χ1n) is 5.81. The summed E-state index contributed by atoms with van der Waals surface area (Å²) in [6, 6.07) is 9.24. The van der Waals surface area contributed by atoms with Crippen molar-refractivity contribution < 1.29 is 4.79 Å². The van der Waals surface area contributed by atoms with Gasteiger partial charge in [0.05, 0.1) is 11.4 Å². The number of rotatable bonds is 4. The normalized spacial score (nSPS) is 10.3. The van der Waals surface area contributed by atoms with Gasteiger partial charge in [-0.05, 0) is 31.2 Å². The monoisotopic (exact) mass is 244 g/mol. The molecule has 2 rings (SSSR count). The van der Waals surface area contributed by atoms with Gasteiger partial charge in [0.15, 0.2) is 0 Å². The third kappa shape index (κ3) is 2.75. The van der Waals surface area contributed by atoms with E-state index in [0.717, 1.165) is 11.4 Å². The molecule has 18 heavy (non-hydrogen) atoms. The lowest BCUT2D eigenvalue weighted by Crippen LogP contribution is -2.29. The minimum Gasteiger partial charge on any atom is -0.351 e. The first-order chi connectivity index (χ1) is 8.70. The lowest BCUT2D eigenvalue weighted by molar-refractivity contribution is 0.0954. The number of benzene rings is 1. The van der Waals surface area contributed by atoms with Crippen LogP contribution >= 0.6 is 0 Å². The molecule has 94 valence electrons. The standard InChI is InChI=1S/C13H16N4O/c1-10-5-8-17(16-10)12-4-2-3-11(9-12)13(18)15-7-6-14/h2-5,8-9H,6-7,14H2,1H3,(H,15,18). The van der Waals surface area contributed by atoms with Crippen molar-refractivity contribution in [2.75, 3.05) is 13.1 Å². The minimum atomic E-state index is -0.119. The zero-order chi connectivity index (χ0) is 13.0. The number of carbonyl (C=O) groups is 1. The Morgan fingerprint density at radius 1 is 1.44 bits per heavy atom. The van der Waals surface area contributed by atoms with Crippen molar-refractivity contribution in [1.29, 1.82) is 0 Å². The highest BCUT2D eigenvalue weighted by Crippen LogP contribution is 2.10. The number of hydrogen-bond acceptors (Lipinski definition) is 3. The molecule has 5 nitrogen and oxygen atoms in total. The Bertz CT molecular complexity index is 547. The lowest BCUT2D eigenvalue weighted by Gasteiger charge is -2.06. The maximum atomic E-state index is 11.8. The Balaban J connectivity index is 2.22. The number of aromatic nitrogens is 2. The molecule has 3 N–H and O–H groups in total. The van der Waals surface area contributed by atoms with Crippen molar-refractivity contribution in [1.82, 2.24) is 15.1 Å². The Morgan fingerprint density at radius 3 is 2.94 bits per heavy atom.